The quantitative estimate of drug-likeness (QED) is 0.701. The van der Waals surface area contributed by atoms with E-state index in [9.17, 15) is 13.2 Å². The molecule has 0 heterocycles. The van der Waals surface area contributed by atoms with Crippen LogP contribution in [0.25, 0.3) is 0 Å². The van der Waals surface area contributed by atoms with Gasteiger partial charge in [0.2, 0.25) is 0 Å². The van der Waals surface area contributed by atoms with Gasteiger partial charge in [-0.3, -0.25) is 4.99 Å². The summed E-state index contributed by atoms with van der Waals surface area (Å²) in [4.78, 5) is 3.82. The van der Waals surface area contributed by atoms with Gasteiger partial charge >= 0.3 is 0 Å². The number of hydrogen-bond donors (Lipinski definition) is 0. The van der Waals surface area contributed by atoms with E-state index >= 15 is 0 Å². The lowest BCUT2D eigenvalue weighted by molar-refractivity contribution is 0.583. The third kappa shape index (κ3) is 2.93. The highest BCUT2D eigenvalue weighted by Crippen LogP contribution is 2.16. The van der Waals surface area contributed by atoms with Gasteiger partial charge in [0, 0.05) is 12.3 Å². The second-order valence-electron chi connectivity index (χ2n) is 3.41. The van der Waals surface area contributed by atoms with Crippen molar-refractivity contribution in [2.45, 2.75) is 0 Å². The number of aliphatic imine (C=N–C) groups is 1. The summed E-state index contributed by atoms with van der Waals surface area (Å²) in [6, 6.07) is 8.90. The van der Waals surface area contributed by atoms with E-state index in [1.807, 2.05) is 0 Å². The van der Waals surface area contributed by atoms with Crippen LogP contribution in [0.5, 0.6) is 0 Å². The van der Waals surface area contributed by atoms with Crippen molar-refractivity contribution < 1.29 is 13.2 Å². The Labute approximate surface area is 96.2 Å². The minimum atomic E-state index is -0.694. The molecule has 0 saturated heterocycles. The Bertz CT molecular complexity index is 544. The number of hydrogen-bond acceptors (Lipinski definition) is 1. The lowest BCUT2D eigenvalue weighted by Crippen LogP contribution is -1.86. The first kappa shape index (κ1) is 11.4. The highest BCUT2D eigenvalue weighted by atomic mass is 19.1. The monoisotopic (exact) mass is 235 g/mol. The molecule has 2 aromatic carbocycles. The van der Waals surface area contributed by atoms with E-state index in [0.29, 0.717) is 0 Å². The molecule has 0 radical (unpaired) electrons. The molecule has 0 saturated carbocycles. The Hall–Kier alpha value is -2.10. The fourth-order valence-corrected chi connectivity index (χ4v) is 1.35. The van der Waals surface area contributed by atoms with Crippen LogP contribution in [-0.4, -0.2) is 6.21 Å². The lowest BCUT2D eigenvalue weighted by atomic mass is 10.2. The smallest absolute Gasteiger partial charge is 0.148 e. The third-order valence-electron chi connectivity index (χ3n) is 2.09. The Kier molecular flexibility index (Phi) is 3.23. The van der Waals surface area contributed by atoms with E-state index < -0.39 is 17.5 Å². The topological polar surface area (TPSA) is 12.4 Å². The summed E-state index contributed by atoms with van der Waals surface area (Å²) >= 11 is 0. The summed E-state index contributed by atoms with van der Waals surface area (Å²) in [6.45, 7) is 0. The first-order chi connectivity index (χ1) is 8.15. The highest BCUT2D eigenvalue weighted by molar-refractivity contribution is 5.81. The maximum atomic E-state index is 13.2. The van der Waals surface area contributed by atoms with E-state index in [2.05, 4.69) is 4.99 Å². The second-order valence-corrected chi connectivity index (χ2v) is 3.41. The number of benzene rings is 2. The van der Waals surface area contributed by atoms with Gasteiger partial charge in [-0.1, -0.05) is 12.1 Å². The predicted octanol–water partition coefficient (Wildman–Crippen LogP) is 3.85. The van der Waals surface area contributed by atoms with E-state index in [0.717, 1.165) is 18.2 Å². The molecule has 2 rings (SSSR count). The van der Waals surface area contributed by atoms with Crippen LogP contribution in [0.1, 0.15) is 5.56 Å². The molecule has 0 atom stereocenters. The van der Waals surface area contributed by atoms with Crippen LogP contribution in [-0.2, 0) is 0 Å². The van der Waals surface area contributed by atoms with Gasteiger partial charge in [0.05, 0.1) is 5.69 Å². The summed E-state index contributed by atoms with van der Waals surface area (Å²) in [5.41, 5.74) is 0.364. The summed E-state index contributed by atoms with van der Waals surface area (Å²) in [5, 5.41) is 0. The summed E-state index contributed by atoms with van der Waals surface area (Å²) in [5.74, 6) is -1.87. The molecule has 86 valence electrons. The van der Waals surface area contributed by atoms with Gasteiger partial charge in [-0.2, -0.15) is 0 Å². The van der Waals surface area contributed by atoms with Crippen LogP contribution in [0, 0.1) is 17.5 Å². The molecular formula is C13H8F3N. The highest BCUT2D eigenvalue weighted by Gasteiger charge is 1.99. The minimum absolute atomic E-state index is 0.122. The van der Waals surface area contributed by atoms with Gasteiger partial charge in [-0.25, -0.2) is 13.2 Å². The summed E-state index contributed by atoms with van der Waals surface area (Å²) in [7, 11) is 0. The maximum Gasteiger partial charge on any atom is 0.148 e. The van der Waals surface area contributed by atoms with Crippen molar-refractivity contribution in [1.82, 2.24) is 0 Å². The number of para-hydroxylation sites is 1. The van der Waals surface area contributed by atoms with Crippen LogP contribution in [0.3, 0.4) is 0 Å². The largest absolute Gasteiger partial charge is 0.253 e. The number of halogens is 3. The molecule has 1 nitrogen and oxygen atoms in total. The summed E-state index contributed by atoms with van der Waals surface area (Å²) in [6.07, 6.45) is 1.21. The molecule has 0 aliphatic rings. The molecule has 0 aliphatic heterocycles. The van der Waals surface area contributed by atoms with Crippen LogP contribution in [0.15, 0.2) is 47.5 Å². The molecule has 0 bridgehead atoms. The van der Waals surface area contributed by atoms with Crippen molar-refractivity contribution in [3.63, 3.8) is 0 Å². The Morgan fingerprint density at radius 1 is 0.882 bits per heavy atom. The lowest BCUT2D eigenvalue weighted by Gasteiger charge is -1.97. The molecule has 0 unspecified atom stereocenters. The fraction of sp³-hybridized carbons (Fsp3) is 0. The Morgan fingerprint density at radius 3 is 2.18 bits per heavy atom. The van der Waals surface area contributed by atoms with Crippen LogP contribution in [0.4, 0.5) is 18.9 Å². The van der Waals surface area contributed by atoms with E-state index in [1.54, 1.807) is 6.07 Å². The van der Waals surface area contributed by atoms with Crippen LogP contribution >= 0.6 is 0 Å². The van der Waals surface area contributed by atoms with Crippen molar-refractivity contribution in [3.8, 4) is 0 Å². The van der Waals surface area contributed by atoms with Crippen molar-refractivity contribution in [2.75, 3.05) is 0 Å². The molecule has 0 fully saturated rings. The zero-order chi connectivity index (χ0) is 12.3. The average molecular weight is 235 g/mol. The zero-order valence-electron chi connectivity index (χ0n) is 8.70. The first-order valence-electron chi connectivity index (χ1n) is 4.90. The van der Waals surface area contributed by atoms with Gasteiger partial charge in [-0.15, -0.1) is 0 Å². The Morgan fingerprint density at radius 2 is 1.53 bits per heavy atom. The van der Waals surface area contributed by atoms with Crippen LogP contribution < -0.4 is 0 Å². The van der Waals surface area contributed by atoms with E-state index in [4.69, 9.17) is 0 Å². The molecular weight excluding hydrogens is 227 g/mol. The first-order valence-corrected chi connectivity index (χ1v) is 4.90. The van der Waals surface area contributed by atoms with Crippen molar-refractivity contribution in [1.29, 1.82) is 0 Å². The van der Waals surface area contributed by atoms with Gasteiger partial charge in [0.25, 0.3) is 0 Å². The van der Waals surface area contributed by atoms with E-state index in [-0.39, 0.29) is 11.3 Å². The normalized spacial score (nSPS) is 11.0. The van der Waals surface area contributed by atoms with Gasteiger partial charge < -0.3 is 0 Å². The molecule has 0 aromatic heterocycles. The second kappa shape index (κ2) is 4.82. The summed E-state index contributed by atoms with van der Waals surface area (Å²) < 4.78 is 38.9. The standard InChI is InChI=1S/C13H8F3N/c14-10-5-9(6-11(15)7-10)8-17-13-4-2-1-3-12(13)16/h1-8H. The van der Waals surface area contributed by atoms with E-state index in [1.165, 1.54) is 24.4 Å². The Balaban J connectivity index is 2.29. The number of nitrogens with zero attached hydrogens (tertiary/aromatic N) is 1. The van der Waals surface area contributed by atoms with Crippen molar-refractivity contribution >= 4 is 11.9 Å². The fourth-order valence-electron chi connectivity index (χ4n) is 1.35. The SMILES string of the molecule is Fc1cc(F)cc(C=Nc2ccccc2F)c1. The molecule has 2 aromatic rings. The van der Waals surface area contributed by atoms with Crippen LogP contribution in [0.2, 0.25) is 0 Å². The molecule has 0 N–H and O–H groups in total. The zero-order valence-corrected chi connectivity index (χ0v) is 8.70. The average Bonchev–Trinajstić information content (AvgIpc) is 2.27. The number of rotatable bonds is 2. The van der Waals surface area contributed by atoms with Gasteiger partial charge in [-0.05, 0) is 29.8 Å². The predicted molar refractivity (Wildman–Crippen MR) is 60.0 cm³/mol. The van der Waals surface area contributed by atoms with Gasteiger partial charge in [0.1, 0.15) is 17.5 Å². The van der Waals surface area contributed by atoms with Crippen molar-refractivity contribution in [2.24, 2.45) is 4.99 Å². The van der Waals surface area contributed by atoms with Crippen molar-refractivity contribution in [3.05, 3.63) is 65.5 Å². The minimum Gasteiger partial charge on any atom is -0.253 e. The molecule has 0 aliphatic carbocycles. The van der Waals surface area contributed by atoms with Gasteiger partial charge in [0.15, 0.2) is 0 Å². The molecule has 0 amide bonds. The molecule has 17 heavy (non-hydrogen) atoms. The third-order valence-corrected chi connectivity index (χ3v) is 2.09. The maximum absolute atomic E-state index is 13.2. The molecule has 4 heteroatoms. The molecule has 0 spiro atoms.